The lowest BCUT2D eigenvalue weighted by Crippen LogP contribution is -1.99. The fourth-order valence-electron chi connectivity index (χ4n) is 1.16. The summed E-state index contributed by atoms with van der Waals surface area (Å²) in [6.45, 7) is 0. The molecule has 2 aromatic rings. The monoisotopic (exact) mass is 209 g/mol. The van der Waals surface area contributed by atoms with Crippen molar-refractivity contribution < 1.29 is 14.3 Å². The molecule has 0 saturated heterocycles. The standard InChI is InChI=1S/C9H7NO3S/c11-7(12)5-6-1-4-14-8(6)9-10-2-3-13-9/h1-4H,5H2,(H,11,12). The van der Waals surface area contributed by atoms with E-state index in [2.05, 4.69) is 4.98 Å². The number of thiophene rings is 1. The molecule has 2 aromatic heterocycles. The third-order valence-corrected chi connectivity index (χ3v) is 2.66. The lowest BCUT2D eigenvalue weighted by atomic mass is 10.2. The van der Waals surface area contributed by atoms with E-state index in [0.717, 1.165) is 10.4 Å². The van der Waals surface area contributed by atoms with E-state index >= 15 is 0 Å². The summed E-state index contributed by atoms with van der Waals surface area (Å²) in [5.41, 5.74) is 0.741. The van der Waals surface area contributed by atoms with E-state index in [4.69, 9.17) is 9.52 Å². The van der Waals surface area contributed by atoms with Crippen molar-refractivity contribution in [1.29, 1.82) is 0 Å². The minimum atomic E-state index is -0.851. The van der Waals surface area contributed by atoms with Crippen molar-refractivity contribution in [3.63, 3.8) is 0 Å². The van der Waals surface area contributed by atoms with Crippen LogP contribution in [0.3, 0.4) is 0 Å². The number of rotatable bonds is 3. The molecule has 0 aromatic carbocycles. The van der Waals surface area contributed by atoms with Gasteiger partial charge >= 0.3 is 5.97 Å². The largest absolute Gasteiger partial charge is 0.481 e. The average Bonchev–Trinajstić information content (AvgIpc) is 2.70. The Balaban J connectivity index is 2.35. The molecule has 4 nitrogen and oxygen atoms in total. The number of aromatic nitrogens is 1. The molecular formula is C9H7NO3S. The quantitative estimate of drug-likeness (QED) is 0.840. The summed E-state index contributed by atoms with van der Waals surface area (Å²) in [6.07, 6.45) is 3.01. The number of aliphatic carboxylic acids is 1. The molecule has 2 rings (SSSR count). The SMILES string of the molecule is O=C(O)Cc1ccsc1-c1ncco1. The van der Waals surface area contributed by atoms with Crippen LogP contribution in [0.4, 0.5) is 0 Å². The Labute approximate surface area is 83.8 Å². The highest BCUT2D eigenvalue weighted by atomic mass is 32.1. The third-order valence-electron chi connectivity index (χ3n) is 1.72. The maximum absolute atomic E-state index is 10.5. The highest BCUT2D eigenvalue weighted by molar-refractivity contribution is 7.13. The van der Waals surface area contributed by atoms with Gasteiger partial charge in [0.15, 0.2) is 0 Å². The highest BCUT2D eigenvalue weighted by Crippen LogP contribution is 2.28. The second kappa shape index (κ2) is 3.63. The van der Waals surface area contributed by atoms with Crippen molar-refractivity contribution in [2.24, 2.45) is 0 Å². The summed E-state index contributed by atoms with van der Waals surface area (Å²) in [5.74, 6) is -0.368. The Morgan fingerprint density at radius 2 is 2.50 bits per heavy atom. The Morgan fingerprint density at radius 1 is 1.64 bits per heavy atom. The first-order valence-electron chi connectivity index (χ1n) is 3.95. The summed E-state index contributed by atoms with van der Waals surface area (Å²) >= 11 is 1.43. The zero-order chi connectivity index (χ0) is 9.97. The van der Waals surface area contributed by atoms with Crippen LogP contribution in [0.2, 0.25) is 0 Å². The van der Waals surface area contributed by atoms with Crippen LogP contribution in [0.25, 0.3) is 10.8 Å². The molecule has 0 saturated carbocycles. The predicted octanol–water partition coefficient (Wildman–Crippen LogP) is 2.03. The second-order valence-electron chi connectivity index (χ2n) is 2.68. The molecule has 14 heavy (non-hydrogen) atoms. The van der Waals surface area contributed by atoms with Gasteiger partial charge in [0.2, 0.25) is 5.89 Å². The molecule has 0 amide bonds. The summed E-state index contributed by atoms with van der Waals surface area (Å²) in [5, 5.41) is 10.5. The molecule has 1 N–H and O–H groups in total. The van der Waals surface area contributed by atoms with E-state index in [9.17, 15) is 4.79 Å². The van der Waals surface area contributed by atoms with Gasteiger partial charge in [0.05, 0.1) is 17.5 Å². The van der Waals surface area contributed by atoms with Crippen LogP contribution < -0.4 is 0 Å². The topological polar surface area (TPSA) is 63.3 Å². The summed E-state index contributed by atoms with van der Waals surface area (Å²) < 4.78 is 5.11. The van der Waals surface area contributed by atoms with Crippen LogP contribution in [-0.4, -0.2) is 16.1 Å². The maximum Gasteiger partial charge on any atom is 0.307 e. The summed E-state index contributed by atoms with van der Waals surface area (Å²) in [7, 11) is 0. The molecule has 2 heterocycles. The van der Waals surface area contributed by atoms with Crippen LogP contribution in [0, 0.1) is 0 Å². The van der Waals surface area contributed by atoms with E-state index in [1.54, 1.807) is 12.3 Å². The van der Waals surface area contributed by atoms with Crippen molar-refractivity contribution >= 4 is 17.3 Å². The van der Waals surface area contributed by atoms with E-state index in [-0.39, 0.29) is 6.42 Å². The van der Waals surface area contributed by atoms with Crippen LogP contribution >= 0.6 is 11.3 Å². The van der Waals surface area contributed by atoms with Crippen LogP contribution in [-0.2, 0) is 11.2 Å². The van der Waals surface area contributed by atoms with E-state index in [1.807, 2.05) is 5.38 Å². The number of hydrogen-bond donors (Lipinski definition) is 1. The van der Waals surface area contributed by atoms with Gasteiger partial charge in [-0.3, -0.25) is 4.79 Å². The zero-order valence-corrected chi connectivity index (χ0v) is 7.95. The smallest absolute Gasteiger partial charge is 0.307 e. The second-order valence-corrected chi connectivity index (χ2v) is 3.60. The molecule has 5 heteroatoms. The van der Waals surface area contributed by atoms with Gasteiger partial charge in [-0.25, -0.2) is 4.98 Å². The third kappa shape index (κ3) is 1.67. The fourth-order valence-corrected chi connectivity index (χ4v) is 2.02. The van der Waals surface area contributed by atoms with Gasteiger partial charge in [-0.05, 0) is 17.0 Å². The lowest BCUT2D eigenvalue weighted by Gasteiger charge is -1.95. The predicted molar refractivity (Wildman–Crippen MR) is 51.2 cm³/mol. The average molecular weight is 209 g/mol. The molecule has 0 bridgehead atoms. The highest BCUT2D eigenvalue weighted by Gasteiger charge is 2.12. The molecule has 0 unspecified atom stereocenters. The van der Waals surface area contributed by atoms with Crippen molar-refractivity contribution in [1.82, 2.24) is 4.98 Å². The number of carbonyl (C=O) groups is 1. The van der Waals surface area contributed by atoms with Crippen molar-refractivity contribution in [3.05, 3.63) is 29.5 Å². The maximum atomic E-state index is 10.5. The summed E-state index contributed by atoms with van der Waals surface area (Å²) in [6, 6.07) is 1.78. The molecule has 0 aliphatic carbocycles. The van der Waals surface area contributed by atoms with Gasteiger partial charge in [0.25, 0.3) is 0 Å². The molecule has 0 aliphatic heterocycles. The van der Waals surface area contributed by atoms with Crippen molar-refractivity contribution in [2.45, 2.75) is 6.42 Å². The molecular weight excluding hydrogens is 202 g/mol. The fraction of sp³-hybridized carbons (Fsp3) is 0.111. The van der Waals surface area contributed by atoms with Gasteiger partial charge < -0.3 is 9.52 Å². The van der Waals surface area contributed by atoms with Gasteiger partial charge in [0, 0.05) is 0 Å². The van der Waals surface area contributed by atoms with Gasteiger partial charge in [-0.2, -0.15) is 0 Å². The van der Waals surface area contributed by atoms with Crippen LogP contribution in [0.1, 0.15) is 5.56 Å². The Kier molecular flexibility index (Phi) is 2.32. The normalized spacial score (nSPS) is 10.3. The number of carboxylic acids is 1. The van der Waals surface area contributed by atoms with Gasteiger partial charge in [-0.15, -0.1) is 11.3 Å². The number of nitrogens with zero attached hydrogens (tertiary/aromatic N) is 1. The molecule has 72 valence electrons. The molecule has 0 atom stereocenters. The Bertz CT molecular complexity index is 433. The van der Waals surface area contributed by atoms with Crippen molar-refractivity contribution in [2.75, 3.05) is 0 Å². The first kappa shape index (κ1) is 8.96. The van der Waals surface area contributed by atoms with E-state index in [0.29, 0.717) is 5.89 Å². The minimum Gasteiger partial charge on any atom is -0.481 e. The number of hydrogen-bond acceptors (Lipinski definition) is 4. The molecule has 0 spiro atoms. The molecule has 0 aliphatic rings. The van der Waals surface area contributed by atoms with E-state index in [1.165, 1.54) is 17.6 Å². The summed E-state index contributed by atoms with van der Waals surface area (Å²) in [4.78, 5) is 15.3. The zero-order valence-electron chi connectivity index (χ0n) is 7.14. The van der Waals surface area contributed by atoms with Crippen LogP contribution in [0.5, 0.6) is 0 Å². The molecule has 0 fully saturated rings. The first-order valence-corrected chi connectivity index (χ1v) is 4.83. The Hall–Kier alpha value is -1.62. The van der Waals surface area contributed by atoms with Gasteiger partial charge in [-0.1, -0.05) is 0 Å². The Morgan fingerprint density at radius 3 is 3.14 bits per heavy atom. The lowest BCUT2D eigenvalue weighted by molar-refractivity contribution is -0.136. The minimum absolute atomic E-state index is 0.00120. The number of oxazole rings is 1. The van der Waals surface area contributed by atoms with Crippen LogP contribution in [0.15, 0.2) is 28.3 Å². The van der Waals surface area contributed by atoms with Gasteiger partial charge in [0.1, 0.15) is 6.26 Å². The van der Waals surface area contributed by atoms with Crippen molar-refractivity contribution in [3.8, 4) is 10.8 Å². The first-order chi connectivity index (χ1) is 6.77. The molecule has 0 radical (unpaired) electrons. The van der Waals surface area contributed by atoms with E-state index < -0.39 is 5.97 Å². The number of carboxylic acid groups (broad SMARTS) is 1.